The zero-order chi connectivity index (χ0) is 18.0. The average molecular weight is 403 g/mol. The fourth-order valence-corrected chi connectivity index (χ4v) is 4.51. The van der Waals surface area contributed by atoms with Crippen LogP contribution in [0.4, 0.5) is 5.13 Å². The summed E-state index contributed by atoms with van der Waals surface area (Å²) in [4.78, 5) is 15.3. The van der Waals surface area contributed by atoms with E-state index in [9.17, 15) is 13.2 Å². The standard InChI is InChI=1S/C13H11ClN4O5S2/c1-2-22-10(19)5-7-6-24-13(15-7)18-25(20,21)9-4-3-8-12(11(9)14)17-23-16-8/h3-4,6H,2,5H2,1H3,(H,15,18). The van der Waals surface area contributed by atoms with Crippen molar-refractivity contribution >= 4 is 55.1 Å². The van der Waals surface area contributed by atoms with Gasteiger partial charge < -0.3 is 4.74 Å². The van der Waals surface area contributed by atoms with Gasteiger partial charge in [-0.15, -0.1) is 11.3 Å². The predicted molar refractivity (Wildman–Crippen MR) is 90.1 cm³/mol. The van der Waals surface area contributed by atoms with E-state index < -0.39 is 16.0 Å². The van der Waals surface area contributed by atoms with Gasteiger partial charge in [0.05, 0.1) is 23.7 Å². The summed E-state index contributed by atoms with van der Waals surface area (Å²) in [6.07, 6.45) is -0.0383. The number of carbonyl (C=O) groups excluding carboxylic acids is 1. The third-order valence-corrected chi connectivity index (χ3v) is 5.84. The van der Waals surface area contributed by atoms with E-state index in [4.69, 9.17) is 16.3 Å². The van der Waals surface area contributed by atoms with Crippen LogP contribution in [0.15, 0.2) is 27.0 Å². The SMILES string of the molecule is CCOC(=O)Cc1csc(NS(=O)(=O)c2ccc3nonc3c2Cl)n1. The summed E-state index contributed by atoms with van der Waals surface area (Å²) in [5, 5.41) is 8.75. The van der Waals surface area contributed by atoms with Crippen molar-refractivity contribution in [1.82, 2.24) is 15.3 Å². The van der Waals surface area contributed by atoms with Gasteiger partial charge in [0, 0.05) is 5.38 Å². The summed E-state index contributed by atoms with van der Waals surface area (Å²) >= 11 is 7.13. The molecule has 25 heavy (non-hydrogen) atoms. The van der Waals surface area contributed by atoms with Gasteiger partial charge in [0.2, 0.25) is 0 Å². The molecule has 0 aliphatic heterocycles. The molecule has 0 saturated heterocycles. The van der Waals surface area contributed by atoms with Gasteiger partial charge in [-0.3, -0.25) is 9.52 Å². The van der Waals surface area contributed by atoms with Crippen LogP contribution in [0.1, 0.15) is 12.6 Å². The van der Waals surface area contributed by atoms with Crippen molar-refractivity contribution in [2.45, 2.75) is 18.2 Å². The summed E-state index contributed by atoms with van der Waals surface area (Å²) in [7, 11) is -4.00. The van der Waals surface area contributed by atoms with Crippen LogP contribution in [0.3, 0.4) is 0 Å². The van der Waals surface area contributed by atoms with Crippen molar-refractivity contribution in [2.75, 3.05) is 11.3 Å². The minimum absolute atomic E-state index is 0.0383. The summed E-state index contributed by atoms with van der Waals surface area (Å²) in [6, 6.07) is 2.73. The molecule has 3 rings (SSSR count). The second-order valence-electron chi connectivity index (χ2n) is 4.74. The molecule has 0 saturated carbocycles. The maximum Gasteiger partial charge on any atom is 0.311 e. The lowest BCUT2D eigenvalue weighted by Crippen LogP contribution is -2.14. The molecule has 9 nitrogen and oxygen atoms in total. The first-order valence-electron chi connectivity index (χ1n) is 6.94. The van der Waals surface area contributed by atoms with Crippen molar-refractivity contribution in [3.63, 3.8) is 0 Å². The first-order valence-corrected chi connectivity index (χ1v) is 9.68. The van der Waals surface area contributed by atoms with Crippen LogP contribution in [-0.2, 0) is 26.0 Å². The van der Waals surface area contributed by atoms with Crippen molar-refractivity contribution in [3.8, 4) is 0 Å². The van der Waals surface area contributed by atoms with Crippen LogP contribution in [0.25, 0.3) is 11.0 Å². The number of fused-ring (bicyclic) bond motifs is 1. The number of benzene rings is 1. The molecular formula is C13H11ClN4O5S2. The van der Waals surface area contributed by atoms with Crippen molar-refractivity contribution in [1.29, 1.82) is 0 Å². The number of nitrogens with one attached hydrogen (secondary N) is 1. The number of rotatable bonds is 6. The van der Waals surface area contributed by atoms with E-state index >= 15 is 0 Å². The van der Waals surface area contributed by atoms with Crippen molar-refractivity contribution in [3.05, 3.63) is 28.2 Å². The van der Waals surface area contributed by atoms with Crippen LogP contribution in [0.5, 0.6) is 0 Å². The molecule has 0 fully saturated rings. The number of sulfonamides is 1. The Morgan fingerprint density at radius 1 is 1.40 bits per heavy atom. The van der Waals surface area contributed by atoms with E-state index in [1.165, 1.54) is 12.1 Å². The monoisotopic (exact) mass is 402 g/mol. The number of aromatic nitrogens is 3. The van der Waals surface area contributed by atoms with Gasteiger partial charge in [-0.2, -0.15) is 0 Å². The smallest absolute Gasteiger partial charge is 0.311 e. The van der Waals surface area contributed by atoms with Crippen LogP contribution in [0, 0.1) is 0 Å². The van der Waals surface area contributed by atoms with Gasteiger partial charge in [-0.25, -0.2) is 18.0 Å². The maximum atomic E-state index is 12.5. The highest BCUT2D eigenvalue weighted by atomic mass is 35.5. The second kappa shape index (κ2) is 6.94. The first-order chi connectivity index (χ1) is 11.9. The number of esters is 1. The Hall–Kier alpha value is -2.24. The van der Waals surface area contributed by atoms with E-state index in [1.54, 1.807) is 12.3 Å². The normalized spacial score (nSPS) is 11.6. The Balaban J connectivity index is 1.82. The van der Waals surface area contributed by atoms with E-state index in [-0.39, 0.29) is 33.6 Å². The average Bonchev–Trinajstić information content (AvgIpc) is 3.17. The highest BCUT2D eigenvalue weighted by Gasteiger charge is 2.23. The van der Waals surface area contributed by atoms with Crippen LogP contribution in [-0.4, -0.2) is 36.3 Å². The molecule has 0 spiro atoms. The first kappa shape index (κ1) is 17.6. The van der Waals surface area contributed by atoms with Gasteiger partial charge >= 0.3 is 5.97 Å². The Labute approximate surface area is 151 Å². The largest absolute Gasteiger partial charge is 0.466 e. The Morgan fingerprint density at radius 3 is 2.96 bits per heavy atom. The fourth-order valence-electron chi connectivity index (χ4n) is 1.97. The van der Waals surface area contributed by atoms with Crippen LogP contribution >= 0.6 is 22.9 Å². The third kappa shape index (κ3) is 3.72. The number of hydrogen-bond donors (Lipinski definition) is 1. The number of thiazole rings is 1. The van der Waals surface area contributed by atoms with Gasteiger partial charge in [0.25, 0.3) is 10.0 Å². The number of hydrogen-bond acceptors (Lipinski definition) is 9. The number of halogens is 1. The molecule has 0 amide bonds. The molecule has 3 aromatic rings. The molecule has 1 aromatic carbocycles. The van der Waals surface area contributed by atoms with E-state index in [0.29, 0.717) is 11.2 Å². The molecule has 2 aromatic heterocycles. The van der Waals surface area contributed by atoms with E-state index in [1.807, 2.05) is 0 Å². The molecule has 12 heteroatoms. The molecule has 132 valence electrons. The third-order valence-electron chi connectivity index (χ3n) is 3.02. The quantitative estimate of drug-likeness (QED) is 0.622. The molecule has 0 aliphatic rings. The van der Waals surface area contributed by atoms with Gasteiger partial charge in [-0.05, 0) is 29.4 Å². The molecule has 1 N–H and O–H groups in total. The highest BCUT2D eigenvalue weighted by molar-refractivity contribution is 7.93. The van der Waals surface area contributed by atoms with E-state index in [2.05, 4.69) is 24.6 Å². The molecule has 0 radical (unpaired) electrons. The summed E-state index contributed by atoms with van der Waals surface area (Å²) in [6.45, 7) is 1.96. The highest BCUT2D eigenvalue weighted by Crippen LogP contribution is 2.30. The zero-order valence-corrected chi connectivity index (χ0v) is 15.1. The van der Waals surface area contributed by atoms with E-state index in [0.717, 1.165) is 11.3 Å². The summed E-state index contributed by atoms with van der Waals surface area (Å²) < 4.78 is 36.7. The second-order valence-corrected chi connectivity index (χ2v) is 7.63. The Morgan fingerprint density at radius 2 is 2.20 bits per heavy atom. The lowest BCUT2D eigenvalue weighted by atomic mass is 10.3. The van der Waals surface area contributed by atoms with Crippen LogP contribution in [0.2, 0.25) is 5.02 Å². The van der Waals surface area contributed by atoms with Gasteiger partial charge in [0.1, 0.15) is 10.4 Å². The maximum absolute atomic E-state index is 12.5. The number of nitrogens with zero attached hydrogens (tertiary/aromatic N) is 3. The molecule has 0 atom stereocenters. The predicted octanol–water partition coefficient (Wildman–Crippen LogP) is 2.24. The minimum Gasteiger partial charge on any atom is -0.466 e. The van der Waals surface area contributed by atoms with Crippen LogP contribution < -0.4 is 4.72 Å². The minimum atomic E-state index is -4.00. The Kier molecular flexibility index (Phi) is 4.88. The van der Waals surface area contributed by atoms with Gasteiger partial charge in [-0.1, -0.05) is 11.6 Å². The topological polar surface area (TPSA) is 124 Å². The summed E-state index contributed by atoms with van der Waals surface area (Å²) in [5.74, 6) is -0.436. The molecule has 0 unspecified atom stereocenters. The van der Waals surface area contributed by atoms with Crippen molar-refractivity contribution < 1.29 is 22.6 Å². The number of anilines is 1. The Bertz CT molecular complexity index is 1030. The zero-order valence-electron chi connectivity index (χ0n) is 12.7. The molecule has 0 bridgehead atoms. The van der Waals surface area contributed by atoms with Crippen molar-refractivity contribution in [2.24, 2.45) is 0 Å². The number of carbonyl (C=O) groups is 1. The lowest BCUT2D eigenvalue weighted by molar-refractivity contribution is -0.142. The van der Waals surface area contributed by atoms with Gasteiger partial charge in [0.15, 0.2) is 10.6 Å². The molecule has 2 heterocycles. The number of ether oxygens (including phenoxy) is 1. The summed E-state index contributed by atoms with van der Waals surface area (Å²) in [5.41, 5.74) is 0.894. The molecular weight excluding hydrogens is 392 g/mol. The molecule has 0 aliphatic carbocycles. The fraction of sp³-hybridized carbons (Fsp3) is 0.231. The lowest BCUT2D eigenvalue weighted by Gasteiger charge is -2.06.